The molecule has 9 heteroatoms. The first-order valence-corrected chi connectivity index (χ1v) is 12.0. The Morgan fingerprint density at radius 1 is 0.944 bits per heavy atom. The van der Waals surface area contributed by atoms with Gasteiger partial charge in [-0.3, -0.25) is 4.79 Å². The molecule has 2 aliphatic rings. The van der Waals surface area contributed by atoms with E-state index in [2.05, 4.69) is 14.9 Å². The van der Waals surface area contributed by atoms with Crippen LogP contribution in [0.1, 0.15) is 12.0 Å². The van der Waals surface area contributed by atoms with Crippen LogP contribution in [0.3, 0.4) is 0 Å². The summed E-state index contributed by atoms with van der Waals surface area (Å²) in [7, 11) is 0. The molecule has 2 aliphatic heterocycles. The number of piperazine rings is 1. The number of anilines is 2. The fraction of sp³-hybridized carbons (Fsp3) is 0.259. The lowest BCUT2D eigenvalue weighted by Gasteiger charge is -2.37. The highest BCUT2D eigenvalue weighted by molar-refractivity contribution is 5.89. The quantitative estimate of drug-likeness (QED) is 0.476. The minimum Gasteiger partial charge on any atom is -0.480 e. The number of para-hydroxylation sites is 1. The summed E-state index contributed by atoms with van der Waals surface area (Å²) in [5, 5.41) is 0. The van der Waals surface area contributed by atoms with E-state index in [0.29, 0.717) is 55.1 Å². The Hall–Kier alpha value is -4.27. The second kappa shape index (κ2) is 9.07. The molecule has 0 saturated carbocycles. The molecular formula is C27H25FN6O2. The van der Waals surface area contributed by atoms with E-state index in [9.17, 15) is 9.18 Å². The van der Waals surface area contributed by atoms with Gasteiger partial charge in [0.15, 0.2) is 11.9 Å². The predicted octanol–water partition coefficient (Wildman–Crippen LogP) is 3.46. The van der Waals surface area contributed by atoms with Gasteiger partial charge in [0, 0.05) is 31.7 Å². The first-order chi connectivity index (χ1) is 17.5. The second-order valence-electron chi connectivity index (χ2n) is 9.04. The van der Waals surface area contributed by atoms with Crippen LogP contribution in [-0.2, 0) is 11.2 Å². The van der Waals surface area contributed by atoms with Gasteiger partial charge >= 0.3 is 0 Å². The van der Waals surface area contributed by atoms with Gasteiger partial charge in [0.2, 0.25) is 5.95 Å². The Kier molecular flexibility index (Phi) is 5.59. The van der Waals surface area contributed by atoms with E-state index in [-0.39, 0.29) is 17.7 Å². The molecule has 182 valence electrons. The standard InChI is InChI=1S/C27H25FN6O2/c28-19-8-5-17(6-9-19)20-10-11-21-24(30-20)25(32-27(29)31-21)33-13-15-34(16-14-33)26(35)23-12-7-18-3-1-2-4-22(18)36-23/h1-6,8-11,23H,7,12-16H2,(H2,29,31,32). The van der Waals surface area contributed by atoms with Gasteiger partial charge in [-0.1, -0.05) is 18.2 Å². The van der Waals surface area contributed by atoms with Gasteiger partial charge in [-0.05, 0) is 60.9 Å². The number of benzene rings is 2. The van der Waals surface area contributed by atoms with Gasteiger partial charge in [0.05, 0.1) is 11.2 Å². The molecule has 1 amide bonds. The van der Waals surface area contributed by atoms with Gasteiger partial charge < -0.3 is 20.3 Å². The van der Waals surface area contributed by atoms with Crippen LogP contribution in [0.5, 0.6) is 5.75 Å². The lowest BCUT2D eigenvalue weighted by Crippen LogP contribution is -2.53. The molecule has 2 N–H and O–H groups in total. The highest BCUT2D eigenvalue weighted by Crippen LogP contribution is 2.30. The molecule has 0 bridgehead atoms. The number of hydrogen-bond donors (Lipinski definition) is 1. The van der Waals surface area contributed by atoms with E-state index in [1.165, 1.54) is 12.1 Å². The van der Waals surface area contributed by atoms with Gasteiger partial charge in [-0.25, -0.2) is 14.4 Å². The molecular weight excluding hydrogens is 459 g/mol. The molecule has 36 heavy (non-hydrogen) atoms. The summed E-state index contributed by atoms with van der Waals surface area (Å²) in [6.07, 6.45) is 1.06. The van der Waals surface area contributed by atoms with Crippen LogP contribution in [-0.4, -0.2) is 58.0 Å². The number of aromatic nitrogens is 3. The van der Waals surface area contributed by atoms with Crippen LogP contribution in [0.25, 0.3) is 22.3 Å². The Labute approximate surface area is 207 Å². The number of nitrogens with zero attached hydrogens (tertiary/aromatic N) is 5. The molecule has 0 spiro atoms. The first kappa shape index (κ1) is 22.2. The molecule has 2 aromatic heterocycles. The first-order valence-electron chi connectivity index (χ1n) is 12.0. The van der Waals surface area contributed by atoms with Crippen molar-refractivity contribution in [2.45, 2.75) is 18.9 Å². The minimum atomic E-state index is -0.457. The van der Waals surface area contributed by atoms with Crippen molar-refractivity contribution in [3.05, 3.63) is 72.0 Å². The lowest BCUT2D eigenvalue weighted by atomic mass is 10.0. The number of aryl methyl sites for hydroxylation is 1. The van der Waals surface area contributed by atoms with E-state index >= 15 is 0 Å². The zero-order chi connectivity index (χ0) is 24.6. The molecule has 1 unspecified atom stereocenters. The van der Waals surface area contributed by atoms with Gasteiger partial charge in [0.1, 0.15) is 17.1 Å². The van der Waals surface area contributed by atoms with Crippen molar-refractivity contribution < 1.29 is 13.9 Å². The number of hydrogen-bond acceptors (Lipinski definition) is 7. The molecule has 6 rings (SSSR count). The minimum absolute atomic E-state index is 0.0212. The summed E-state index contributed by atoms with van der Waals surface area (Å²) >= 11 is 0. The highest BCUT2D eigenvalue weighted by Gasteiger charge is 2.32. The van der Waals surface area contributed by atoms with Crippen molar-refractivity contribution in [3.8, 4) is 17.0 Å². The molecule has 1 fully saturated rings. The summed E-state index contributed by atoms with van der Waals surface area (Å²) in [6.45, 7) is 2.26. The van der Waals surface area contributed by atoms with E-state index in [1.807, 2.05) is 41.3 Å². The summed E-state index contributed by atoms with van der Waals surface area (Å²) in [4.78, 5) is 30.8. The Bertz CT molecular complexity index is 1440. The zero-order valence-electron chi connectivity index (χ0n) is 19.6. The normalized spacial score (nSPS) is 17.5. The Balaban J connectivity index is 1.21. The molecule has 1 atom stereocenters. The molecule has 2 aromatic carbocycles. The number of pyridine rings is 1. The summed E-state index contributed by atoms with van der Waals surface area (Å²) in [5.74, 6) is 1.32. The largest absolute Gasteiger partial charge is 0.480 e. The van der Waals surface area contributed by atoms with E-state index < -0.39 is 6.10 Å². The smallest absolute Gasteiger partial charge is 0.263 e. The molecule has 4 aromatic rings. The maximum Gasteiger partial charge on any atom is 0.263 e. The van der Waals surface area contributed by atoms with Crippen molar-refractivity contribution in [2.75, 3.05) is 36.8 Å². The number of nitrogens with two attached hydrogens (primary N) is 1. The number of halogens is 1. The van der Waals surface area contributed by atoms with Crippen LogP contribution in [0.2, 0.25) is 0 Å². The topological polar surface area (TPSA) is 97.5 Å². The van der Waals surface area contributed by atoms with Crippen LogP contribution < -0.4 is 15.4 Å². The highest BCUT2D eigenvalue weighted by atomic mass is 19.1. The fourth-order valence-electron chi connectivity index (χ4n) is 4.86. The third-order valence-corrected chi connectivity index (χ3v) is 6.77. The third kappa shape index (κ3) is 4.17. The Morgan fingerprint density at radius 2 is 1.72 bits per heavy atom. The molecule has 1 saturated heterocycles. The van der Waals surface area contributed by atoms with E-state index in [1.54, 1.807) is 12.1 Å². The van der Waals surface area contributed by atoms with Crippen molar-refractivity contribution >= 4 is 28.7 Å². The maximum absolute atomic E-state index is 13.4. The van der Waals surface area contributed by atoms with E-state index in [4.69, 9.17) is 15.5 Å². The number of rotatable bonds is 3. The van der Waals surface area contributed by atoms with Gasteiger partial charge in [0.25, 0.3) is 5.91 Å². The fourth-order valence-corrected chi connectivity index (χ4v) is 4.86. The average Bonchev–Trinajstić information content (AvgIpc) is 2.92. The van der Waals surface area contributed by atoms with Crippen LogP contribution in [0.4, 0.5) is 16.2 Å². The van der Waals surface area contributed by atoms with Crippen molar-refractivity contribution in [2.24, 2.45) is 0 Å². The number of ether oxygens (including phenoxy) is 1. The van der Waals surface area contributed by atoms with Gasteiger partial charge in [-0.15, -0.1) is 0 Å². The van der Waals surface area contributed by atoms with E-state index in [0.717, 1.165) is 23.3 Å². The maximum atomic E-state index is 13.4. The SMILES string of the molecule is Nc1nc(N2CCN(C(=O)C3CCc4ccccc4O3)CC2)c2nc(-c3ccc(F)cc3)ccc2n1. The second-order valence-corrected chi connectivity index (χ2v) is 9.04. The third-order valence-electron chi connectivity index (χ3n) is 6.77. The molecule has 0 aliphatic carbocycles. The summed E-state index contributed by atoms with van der Waals surface area (Å²) in [5.41, 5.74) is 9.91. The number of amides is 1. The van der Waals surface area contributed by atoms with Crippen molar-refractivity contribution in [3.63, 3.8) is 0 Å². The van der Waals surface area contributed by atoms with Crippen LogP contribution in [0.15, 0.2) is 60.7 Å². The number of carbonyl (C=O) groups is 1. The summed E-state index contributed by atoms with van der Waals surface area (Å²) in [6, 6.07) is 17.8. The molecule has 0 radical (unpaired) electrons. The summed E-state index contributed by atoms with van der Waals surface area (Å²) < 4.78 is 19.4. The number of fused-ring (bicyclic) bond motifs is 2. The van der Waals surface area contributed by atoms with Gasteiger partial charge in [-0.2, -0.15) is 4.98 Å². The van der Waals surface area contributed by atoms with Crippen LogP contribution >= 0.6 is 0 Å². The average molecular weight is 485 g/mol. The van der Waals surface area contributed by atoms with Crippen molar-refractivity contribution in [1.82, 2.24) is 19.9 Å². The molecule has 4 heterocycles. The predicted molar refractivity (Wildman–Crippen MR) is 135 cm³/mol. The van der Waals surface area contributed by atoms with Crippen molar-refractivity contribution in [1.29, 1.82) is 0 Å². The van der Waals surface area contributed by atoms with Crippen LogP contribution in [0, 0.1) is 5.82 Å². The lowest BCUT2D eigenvalue weighted by molar-refractivity contribution is -0.139. The Morgan fingerprint density at radius 3 is 2.53 bits per heavy atom. The zero-order valence-corrected chi connectivity index (χ0v) is 19.6. The molecule has 8 nitrogen and oxygen atoms in total. The number of carbonyl (C=O) groups excluding carboxylic acids is 1. The number of nitrogen functional groups attached to an aromatic ring is 1. The monoisotopic (exact) mass is 484 g/mol.